The van der Waals surface area contributed by atoms with Gasteiger partial charge in [0.2, 0.25) is 0 Å². The molecule has 9 nitrogen and oxygen atoms in total. The molecule has 0 aliphatic heterocycles. The number of pyridine rings is 2. The van der Waals surface area contributed by atoms with E-state index in [1.54, 1.807) is 54.7 Å². The quantitative estimate of drug-likeness (QED) is 0.187. The summed E-state index contributed by atoms with van der Waals surface area (Å²) in [6.07, 6.45) is 7.07. The van der Waals surface area contributed by atoms with E-state index in [-0.39, 0.29) is 17.5 Å². The van der Waals surface area contributed by atoms with Crippen molar-refractivity contribution in [2.45, 2.75) is 13.0 Å². The second-order valence-corrected chi connectivity index (χ2v) is 8.56. The van der Waals surface area contributed by atoms with Crippen LogP contribution >= 0.6 is 23.2 Å². The van der Waals surface area contributed by atoms with Crippen molar-refractivity contribution in [2.75, 3.05) is 13.2 Å². The fourth-order valence-corrected chi connectivity index (χ4v) is 3.39. The van der Waals surface area contributed by atoms with Crippen LogP contribution in [0.2, 0.25) is 10.0 Å². The lowest BCUT2D eigenvalue weighted by Gasteiger charge is -2.13. The van der Waals surface area contributed by atoms with Crippen LogP contribution in [-0.4, -0.2) is 46.3 Å². The first-order valence-electron chi connectivity index (χ1n) is 11.4. The van der Waals surface area contributed by atoms with Gasteiger partial charge in [-0.15, -0.1) is 6.42 Å². The Balaban J connectivity index is 0.000000238. The summed E-state index contributed by atoms with van der Waals surface area (Å²) in [6, 6.07) is 14.2. The molecule has 40 heavy (non-hydrogen) atoms. The van der Waals surface area contributed by atoms with Gasteiger partial charge in [0, 0.05) is 17.8 Å². The summed E-state index contributed by atoms with van der Waals surface area (Å²) >= 11 is 11.6. The van der Waals surface area contributed by atoms with Crippen LogP contribution < -0.4 is 14.2 Å². The van der Waals surface area contributed by atoms with Gasteiger partial charge in [-0.3, -0.25) is 4.98 Å². The van der Waals surface area contributed by atoms with Gasteiger partial charge in [-0.1, -0.05) is 29.1 Å². The first-order valence-corrected chi connectivity index (χ1v) is 12.2. The molecule has 0 amide bonds. The minimum absolute atomic E-state index is 0.112. The Labute approximate surface area is 238 Å². The van der Waals surface area contributed by atoms with E-state index in [1.165, 1.54) is 13.1 Å². The van der Waals surface area contributed by atoms with Crippen LogP contribution in [0.1, 0.15) is 6.92 Å². The Kier molecular flexibility index (Phi) is 10.9. The van der Waals surface area contributed by atoms with Gasteiger partial charge in [0.15, 0.2) is 25.1 Å². The van der Waals surface area contributed by atoms with Crippen molar-refractivity contribution in [1.82, 2.24) is 9.97 Å². The average Bonchev–Trinajstić information content (AvgIpc) is 2.94. The average molecular weight is 587 g/mol. The molecule has 2 aromatic heterocycles. The zero-order valence-corrected chi connectivity index (χ0v) is 22.4. The summed E-state index contributed by atoms with van der Waals surface area (Å²) < 4.78 is 34.2. The SMILES string of the molecule is C#CCOC(=O)[C@@H](C)Oc1ccc(Oc2ncc(Cl)cc2F)cc1.O=C(O)COc1ccc(Cl)c2cccnc12. The third-order valence-corrected chi connectivity index (χ3v) is 5.32. The number of carboxylic acids is 1. The number of hydrogen-bond donors (Lipinski definition) is 1. The van der Waals surface area contributed by atoms with Crippen LogP contribution in [0.3, 0.4) is 0 Å². The summed E-state index contributed by atoms with van der Waals surface area (Å²) in [5, 5.41) is 10.0. The number of aliphatic carboxylic acids is 1. The van der Waals surface area contributed by atoms with E-state index in [2.05, 4.69) is 15.9 Å². The van der Waals surface area contributed by atoms with Crippen molar-refractivity contribution in [3.05, 3.63) is 82.9 Å². The standard InChI is InChI=1S/C17H13ClFNO4.C11H8ClNO3/c1-3-8-22-17(21)11(2)23-13-4-6-14(7-5-13)24-16-15(19)9-12(18)10-20-16;12-8-3-4-9(16-6-10(14)15)11-7(8)2-1-5-13-11/h1,4-7,9-11H,8H2,2H3;1-5H,6H2,(H,14,15)/t11-;/m1./s1. The summed E-state index contributed by atoms with van der Waals surface area (Å²) in [5.41, 5.74) is 0.566. The Bertz CT molecular complexity index is 1530. The molecule has 2 aromatic carbocycles. The predicted octanol–water partition coefficient (Wildman–Crippen LogP) is 5.96. The number of terminal acetylenes is 1. The van der Waals surface area contributed by atoms with Crippen LogP contribution in [0, 0.1) is 18.2 Å². The molecule has 0 bridgehead atoms. The number of nitrogens with zero attached hydrogens (tertiary/aromatic N) is 2. The normalized spacial score (nSPS) is 10.9. The maximum absolute atomic E-state index is 13.6. The van der Waals surface area contributed by atoms with Gasteiger partial charge in [0.05, 0.1) is 10.0 Å². The number of rotatable bonds is 9. The lowest BCUT2D eigenvalue weighted by atomic mass is 10.2. The summed E-state index contributed by atoms with van der Waals surface area (Å²) in [4.78, 5) is 29.8. The van der Waals surface area contributed by atoms with Crippen LogP contribution in [0.5, 0.6) is 23.1 Å². The largest absolute Gasteiger partial charge is 0.480 e. The van der Waals surface area contributed by atoms with Gasteiger partial charge in [-0.05, 0) is 61.5 Å². The molecule has 4 rings (SSSR count). The fraction of sp³-hybridized carbons (Fsp3) is 0.143. The highest BCUT2D eigenvalue weighted by Gasteiger charge is 2.16. The van der Waals surface area contributed by atoms with Crippen molar-refractivity contribution in [3.8, 4) is 35.5 Å². The van der Waals surface area contributed by atoms with Crippen molar-refractivity contribution in [2.24, 2.45) is 0 Å². The monoisotopic (exact) mass is 586 g/mol. The first kappa shape index (κ1) is 30.0. The molecule has 206 valence electrons. The maximum Gasteiger partial charge on any atom is 0.347 e. The highest BCUT2D eigenvalue weighted by atomic mass is 35.5. The number of esters is 1. The van der Waals surface area contributed by atoms with Gasteiger partial charge in [0.1, 0.15) is 22.8 Å². The predicted molar refractivity (Wildman–Crippen MR) is 145 cm³/mol. The van der Waals surface area contributed by atoms with E-state index in [0.717, 1.165) is 11.5 Å². The van der Waals surface area contributed by atoms with E-state index in [1.807, 2.05) is 0 Å². The molecule has 2 heterocycles. The van der Waals surface area contributed by atoms with Gasteiger partial charge < -0.3 is 24.1 Å². The topological polar surface area (TPSA) is 117 Å². The van der Waals surface area contributed by atoms with Gasteiger partial charge in [0.25, 0.3) is 5.88 Å². The Morgan fingerprint density at radius 3 is 2.50 bits per heavy atom. The maximum atomic E-state index is 13.6. The number of ether oxygens (including phenoxy) is 4. The number of benzene rings is 2. The lowest BCUT2D eigenvalue weighted by molar-refractivity contribution is -0.149. The van der Waals surface area contributed by atoms with E-state index in [9.17, 15) is 14.0 Å². The van der Waals surface area contributed by atoms with Gasteiger partial charge in [-0.25, -0.2) is 19.0 Å². The Hall–Kier alpha value is -4.59. The highest BCUT2D eigenvalue weighted by Crippen LogP contribution is 2.29. The molecule has 1 N–H and O–H groups in total. The fourth-order valence-electron chi connectivity index (χ4n) is 3.03. The molecular formula is C28H21Cl2FN2O7. The third kappa shape index (κ3) is 8.73. The number of carbonyl (C=O) groups excluding carboxylic acids is 1. The van der Waals surface area contributed by atoms with Gasteiger partial charge >= 0.3 is 11.9 Å². The number of halogens is 3. The number of hydrogen-bond acceptors (Lipinski definition) is 8. The van der Waals surface area contributed by atoms with Crippen molar-refractivity contribution >= 4 is 46.0 Å². The molecule has 0 saturated carbocycles. The number of fused-ring (bicyclic) bond motifs is 1. The summed E-state index contributed by atoms with van der Waals surface area (Å²) in [6.45, 7) is 1.03. The molecule has 4 aromatic rings. The van der Waals surface area contributed by atoms with Crippen LogP contribution in [-0.2, 0) is 14.3 Å². The minimum Gasteiger partial charge on any atom is -0.480 e. The van der Waals surface area contributed by atoms with E-state index in [0.29, 0.717) is 27.8 Å². The third-order valence-electron chi connectivity index (χ3n) is 4.79. The van der Waals surface area contributed by atoms with E-state index < -0.39 is 30.5 Å². The molecule has 0 aliphatic carbocycles. The van der Waals surface area contributed by atoms with Crippen molar-refractivity contribution in [3.63, 3.8) is 0 Å². The van der Waals surface area contributed by atoms with Crippen molar-refractivity contribution < 1.29 is 38.0 Å². The molecule has 0 aliphatic rings. The molecule has 0 fully saturated rings. The zero-order chi connectivity index (χ0) is 29.1. The Morgan fingerprint density at radius 1 is 1.10 bits per heavy atom. The minimum atomic E-state index is -1.03. The lowest BCUT2D eigenvalue weighted by Crippen LogP contribution is -2.26. The summed E-state index contributed by atoms with van der Waals surface area (Å²) in [5.74, 6) is 0.909. The smallest absolute Gasteiger partial charge is 0.347 e. The molecule has 12 heteroatoms. The van der Waals surface area contributed by atoms with Crippen molar-refractivity contribution in [1.29, 1.82) is 0 Å². The van der Waals surface area contributed by atoms with E-state index >= 15 is 0 Å². The molecular weight excluding hydrogens is 566 g/mol. The molecule has 1 atom stereocenters. The van der Waals surface area contributed by atoms with Crippen LogP contribution in [0.4, 0.5) is 4.39 Å². The molecule has 0 saturated heterocycles. The van der Waals surface area contributed by atoms with Crippen LogP contribution in [0.25, 0.3) is 10.9 Å². The number of carboxylic acid groups (broad SMARTS) is 1. The Morgan fingerprint density at radius 2 is 1.82 bits per heavy atom. The number of carbonyl (C=O) groups is 2. The highest BCUT2D eigenvalue weighted by molar-refractivity contribution is 6.35. The van der Waals surface area contributed by atoms with Crippen LogP contribution in [0.15, 0.2) is 67.0 Å². The molecule has 0 spiro atoms. The summed E-state index contributed by atoms with van der Waals surface area (Å²) in [7, 11) is 0. The van der Waals surface area contributed by atoms with E-state index in [4.69, 9.17) is 53.7 Å². The zero-order valence-electron chi connectivity index (χ0n) is 20.8. The molecule has 0 unspecified atom stereocenters. The number of aromatic nitrogens is 2. The second-order valence-electron chi connectivity index (χ2n) is 7.71. The van der Waals surface area contributed by atoms with Gasteiger partial charge in [-0.2, -0.15) is 0 Å². The molecule has 0 radical (unpaired) electrons. The second kappa shape index (κ2) is 14.5. The first-order chi connectivity index (χ1) is 19.2.